The number of nitrogens with zero attached hydrogens (tertiary/aromatic N) is 3. The smallest absolute Gasteiger partial charge is 0.123 e. The third-order valence-corrected chi connectivity index (χ3v) is 3.14. The summed E-state index contributed by atoms with van der Waals surface area (Å²) in [5.41, 5.74) is 2.12. The predicted octanol–water partition coefficient (Wildman–Crippen LogP) is 3.26. The zero-order valence-electron chi connectivity index (χ0n) is 10.7. The SMILES string of the molecule is Fc1ccc(C([CH]n2ccnc2)c2ccncc2)cc1. The molecule has 20 heavy (non-hydrogen) atoms. The van der Waals surface area contributed by atoms with E-state index in [0.717, 1.165) is 11.1 Å². The summed E-state index contributed by atoms with van der Waals surface area (Å²) in [6, 6.07) is 10.5. The lowest BCUT2D eigenvalue weighted by Crippen LogP contribution is -2.07. The molecular formula is C16H13FN3. The van der Waals surface area contributed by atoms with Gasteiger partial charge in [-0.05, 0) is 35.4 Å². The topological polar surface area (TPSA) is 30.7 Å². The Bertz CT molecular complexity index is 648. The molecule has 1 unspecified atom stereocenters. The Morgan fingerprint density at radius 3 is 2.25 bits per heavy atom. The maximum Gasteiger partial charge on any atom is 0.123 e. The molecule has 2 aromatic heterocycles. The van der Waals surface area contributed by atoms with Crippen LogP contribution in [-0.2, 0) is 0 Å². The molecule has 0 aliphatic carbocycles. The Balaban J connectivity index is 1.97. The number of hydrogen-bond donors (Lipinski definition) is 0. The monoisotopic (exact) mass is 266 g/mol. The van der Waals surface area contributed by atoms with Gasteiger partial charge in [0.2, 0.25) is 0 Å². The molecule has 99 valence electrons. The van der Waals surface area contributed by atoms with E-state index in [9.17, 15) is 4.39 Å². The molecule has 3 nitrogen and oxygen atoms in total. The summed E-state index contributed by atoms with van der Waals surface area (Å²) in [6.07, 6.45) is 8.85. The van der Waals surface area contributed by atoms with E-state index in [-0.39, 0.29) is 11.7 Å². The van der Waals surface area contributed by atoms with Crippen molar-refractivity contribution in [3.05, 3.63) is 91.0 Å². The van der Waals surface area contributed by atoms with Crippen molar-refractivity contribution >= 4 is 0 Å². The van der Waals surface area contributed by atoms with E-state index in [2.05, 4.69) is 9.97 Å². The molecule has 3 aromatic rings. The Morgan fingerprint density at radius 2 is 1.60 bits per heavy atom. The third kappa shape index (κ3) is 2.74. The minimum atomic E-state index is -0.232. The Hall–Kier alpha value is -2.49. The molecule has 4 heteroatoms. The number of aromatic nitrogens is 3. The molecule has 3 rings (SSSR count). The van der Waals surface area contributed by atoms with Gasteiger partial charge >= 0.3 is 0 Å². The first-order valence-corrected chi connectivity index (χ1v) is 6.31. The summed E-state index contributed by atoms with van der Waals surface area (Å²) >= 11 is 0. The molecule has 1 atom stereocenters. The van der Waals surface area contributed by atoms with Gasteiger partial charge in [0.05, 0.1) is 12.9 Å². The minimum Gasteiger partial charge on any atom is -0.331 e. The summed E-state index contributed by atoms with van der Waals surface area (Å²) in [4.78, 5) is 8.08. The van der Waals surface area contributed by atoms with Crippen molar-refractivity contribution in [1.82, 2.24) is 14.5 Å². The maximum atomic E-state index is 13.1. The van der Waals surface area contributed by atoms with Crippen LogP contribution >= 0.6 is 0 Å². The molecule has 0 aliphatic heterocycles. The van der Waals surface area contributed by atoms with Crippen molar-refractivity contribution in [2.45, 2.75) is 5.92 Å². The van der Waals surface area contributed by atoms with Gasteiger partial charge in [-0.25, -0.2) is 9.37 Å². The van der Waals surface area contributed by atoms with Crippen molar-refractivity contribution in [1.29, 1.82) is 0 Å². The van der Waals surface area contributed by atoms with E-state index in [4.69, 9.17) is 0 Å². The summed E-state index contributed by atoms with van der Waals surface area (Å²) in [6.45, 7) is 2.04. The normalized spacial score (nSPS) is 12.2. The van der Waals surface area contributed by atoms with Crippen LogP contribution in [0.2, 0.25) is 0 Å². The second-order valence-electron chi connectivity index (χ2n) is 4.47. The van der Waals surface area contributed by atoms with E-state index in [0.29, 0.717) is 0 Å². The predicted molar refractivity (Wildman–Crippen MR) is 74.4 cm³/mol. The van der Waals surface area contributed by atoms with Gasteiger partial charge in [0.25, 0.3) is 0 Å². The van der Waals surface area contributed by atoms with E-state index < -0.39 is 0 Å². The van der Waals surface area contributed by atoms with E-state index in [1.807, 2.05) is 29.4 Å². The average molecular weight is 266 g/mol. The second kappa shape index (κ2) is 5.65. The fourth-order valence-electron chi connectivity index (χ4n) is 2.14. The molecule has 0 fully saturated rings. The van der Waals surface area contributed by atoms with Gasteiger partial charge < -0.3 is 4.57 Å². The summed E-state index contributed by atoms with van der Waals surface area (Å²) in [5, 5.41) is 0. The maximum absolute atomic E-state index is 13.1. The average Bonchev–Trinajstić information content (AvgIpc) is 3.00. The number of pyridine rings is 1. The fraction of sp³-hybridized carbons (Fsp3) is 0.0625. The zero-order valence-corrected chi connectivity index (χ0v) is 10.7. The number of imidazole rings is 1. The van der Waals surface area contributed by atoms with Crippen molar-refractivity contribution < 1.29 is 4.39 Å². The van der Waals surface area contributed by atoms with Gasteiger partial charge in [-0.2, -0.15) is 0 Å². The molecule has 1 aromatic carbocycles. The molecule has 0 N–H and O–H groups in total. The van der Waals surface area contributed by atoms with Crippen molar-refractivity contribution in [3.8, 4) is 0 Å². The molecule has 2 heterocycles. The van der Waals surface area contributed by atoms with Gasteiger partial charge in [-0.15, -0.1) is 0 Å². The lowest BCUT2D eigenvalue weighted by molar-refractivity contribution is 0.626. The van der Waals surface area contributed by atoms with Crippen LogP contribution in [-0.4, -0.2) is 14.5 Å². The Labute approximate surface area is 116 Å². The standard InChI is InChI=1S/C16H13FN3/c17-15-3-1-13(2-4-15)16(11-20-10-9-19-12-20)14-5-7-18-8-6-14/h1-12,16H. The lowest BCUT2D eigenvalue weighted by atomic mass is 9.92. The van der Waals surface area contributed by atoms with Crippen LogP contribution < -0.4 is 0 Å². The molecule has 0 saturated heterocycles. The number of halogens is 1. The van der Waals surface area contributed by atoms with Gasteiger partial charge in [0, 0.05) is 30.7 Å². The fourth-order valence-corrected chi connectivity index (χ4v) is 2.14. The van der Waals surface area contributed by atoms with Crippen molar-refractivity contribution in [3.63, 3.8) is 0 Å². The lowest BCUT2D eigenvalue weighted by Gasteiger charge is -2.17. The first kappa shape index (κ1) is 12.5. The zero-order chi connectivity index (χ0) is 13.8. The molecule has 0 amide bonds. The van der Waals surface area contributed by atoms with Crippen LogP contribution in [0.1, 0.15) is 17.0 Å². The van der Waals surface area contributed by atoms with Gasteiger partial charge in [-0.3, -0.25) is 4.98 Å². The molecule has 0 aliphatic rings. The highest BCUT2D eigenvalue weighted by molar-refractivity contribution is 5.34. The van der Waals surface area contributed by atoms with Crippen LogP contribution in [0.5, 0.6) is 0 Å². The van der Waals surface area contributed by atoms with E-state index in [1.165, 1.54) is 12.1 Å². The highest BCUT2D eigenvalue weighted by Crippen LogP contribution is 2.27. The van der Waals surface area contributed by atoms with Crippen LogP contribution in [0.15, 0.2) is 67.5 Å². The van der Waals surface area contributed by atoms with Gasteiger partial charge in [-0.1, -0.05) is 12.1 Å². The largest absolute Gasteiger partial charge is 0.331 e. The highest BCUT2D eigenvalue weighted by Gasteiger charge is 2.15. The number of benzene rings is 1. The minimum absolute atomic E-state index is 0.0211. The summed E-state index contributed by atoms with van der Waals surface area (Å²) in [5.74, 6) is -0.211. The van der Waals surface area contributed by atoms with E-state index in [1.54, 1.807) is 37.1 Å². The second-order valence-corrected chi connectivity index (χ2v) is 4.47. The van der Waals surface area contributed by atoms with Crippen LogP contribution in [0, 0.1) is 12.4 Å². The van der Waals surface area contributed by atoms with Crippen molar-refractivity contribution in [2.75, 3.05) is 0 Å². The molecule has 1 radical (unpaired) electrons. The first-order valence-electron chi connectivity index (χ1n) is 6.31. The van der Waals surface area contributed by atoms with Gasteiger partial charge in [0.1, 0.15) is 5.82 Å². The Morgan fingerprint density at radius 1 is 0.900 bits per heavy atom. The molecular weight excluding hydrogens is 253 g/mol. The first-order chi connectivity index (χ1) is 9.83. The number of rotatable bonds is 4. The highest BCUT2D eigenvalue weighted by atomic mass is 19.1. The van der Waals surface area contributed by atoms with Crippen LogP contribution in [0.4, 0.5) is 4.39 Å². The van der Waals surface area contributed by atoms with Crippen LogP contribution in [0.3, 0.4) is 0 Å². The Kier molecular flexibility index (Phi) is 3.54. The molecule has 0 spiro atoms. The molecule has 0 saturated carbocycles. The summed E-state index contributed by atoms with van der Waals surface area (Å²) in [7, 11) is 0. The van der Waals surface area contributed by atoms with Crippen LogP contribution in [0.25, 0.3) is 0 Å². The quantitative estimate of drug-likeness (QED) is 0.725. The van der Waals surface area contributed by atoms with E-state index >= 15 is 0 Å². The number of hydrogen-bond acceptors (Lipinski definition) is 2. The van der Waals surface area contributed by atoms with Crippen molar-refractivity contribution in [2.24, 2.45) is 0 Å². The molecule has 0 bridgehead atoms. The van der Waals surface area contributed by atoms with Gasteiger partial charge in [0.15, 0.2) is 0 Å². The third-order valence-electron chi connectivity index (χ3n) is 3.14. The summed E-state index contributed by atoms with van der Waals surface area (Å²) < 4.78 is 15.0.